The Hall–Kier alpha value is -0.130. The van der Waals surface area contributed by atoms with Gasteiger partial charge in [0, 0.05) is 18.0 Å². The second-order valence-corrected chi connectivity index (χ2v) is 5.03. The van der Waals surface area contributed by atoms with Crippen molar-refractivity contribution in [1.29, 1.82) is 0 Å². The lowest BCUT2D eigenvalue weighted by molar-refractivity contribution is 0.0129. The number of nitrogens with one attached hydrogen (secondary N) is 1. The van der Waals surface area contributed by atoms with E-state index in [1.165, 1.54) is 11.3 Å². The van der Waals surface area contributed by atoms with Gasteiger partial charge in [-0.3, -0.25) is 0 Å². The lowest BCUT2D eigenvalue weighted by Gasteiger charge is -2.27. The molecule has 1 aromatic rings. The molecule has 14 heavy (non-hydrogen) atoms. The number of ether oxygens (including phenoxy) is 1. The second kappa shape index (κ2) is 4.59. The first-order valence-electron chi connectivity index (χ1n) is 4.60. The minimum atomic E-state index is -0.0692. The molecule has 0 aliphatic carbocycles. The number of thiophene rings is 1. The molecule has 3 nitrogen and oxygen atoms in total. The van der Waals surface area contributed by atoms with Gasteiger partial charge in [-0.1, -0.05) is 11.6 Å². The highest BCUT2D eigenvalue weighted by Crippen LogP contribution is 2.28. The van der Waals surface area contributed by atoms with Crippen molar-refractivity contribution in [3.8, 4) is 0 Å². The minimum Gasteiger partial charge on any atom is -0.374 e. The van der Waals surface area contributed by atoms with Crippen molar-refractivity contribution in [2.45, 2.75) is 12.1 Å². The van der Waals surface area contributed by atoms with E-state index in [-0.39, 0.29) is 12.1 Å². The van der Waals surface area contributed by atoms with E-state index in [0.717, 1.165) is 28.9 Å². The molecule has 1 aromatic heterocycles. The lowest BCUT2D eigenvalue weighted by Crippen LogP contribution is -2.44. The van der Waals surface area contributed by atoms with Crippen molar-refractivity contribution >= 4 is 22.9 Å². The summed E-state index contributed by atoms with van der Waals surface area (Å²) >= 11 is 7.37. The third kappa shape index (κ3) is 2.27. The van der Waals surface area contributed by atoms with Gasteiger partial charge in [-0.25, -0.2) is 0 Å². The highest BCUT2D eigenvalue weighted by atomic mass is 35.5. The number of rotatable bonds is 2. The van der Waals surface area contributed by atoms with Crippen molar-refractivity contribution in [3.05, 3.63) is 21.3 Å². The van der Waals surface area contributed by atoms with Gasteiger partial charge in [0.1, 0.15) is 0 Å². The average molecular weight is 233 g/mol. The van der Waals surface area contributed by atoms with E-state index in [4.69, 9.17) is 22.1 Å². The highest BCUT2D eigenvalue weighted by molar-refractivity contribution is 7.16. The monoisotopic (exact) mass is 232 g/mol. The molecule has 1 saturated heterocycles. The molecule has 2 heterocycles. The first kappa shape index (κ1) is 10.4. The summed E-state index contributed by atoms with van der Waals surface area (Å²) in [4.78, 5) is 1.09. The number of hydrogen-bond acceptors (Lipinski definition) is 4. The van der Waals surface area contributed by atoms with Crippen LogP contribution in [0.1, 0.15) is 10.9 Å². The SMILES string of the molecule is NC(c1ccc(Cl)s1)C1CNCCO1. The molecule has 0 saturated carbocycles. The number of morpholine rings is 1. The molecule has 0 radical (unpaired) electrons. The van der Waals surface area contributed by atoms with Crippen LogP contribution in [0.4, 0.5) is 0 Å². The largest absolute Gasteiger partial charge is 0.374 e. The fourth-order valence-corrected chi connectivity index (χ4v) is 2.62. The molecule has 2 rings (SSSR count). The molecule has 2 atom stereocenters. The van der Waals surface area contributed by atoms with Crippen LogP contribution in [0.2, 0.25) is 4.34 Å². The molecular formula is C9H13ClN2OS. The van der Waals surface area contributed by atoms with Crippen LogP contribution < -0.4 is 11.1 Å². The van der Waals surface area contributed by atoms with Crippen molar-refractivity contribution in [1.82, 2.24) is 5.32 Å². The molecule has 0 spiro atoms. The maximum atomic E-state index is 6.07. The number of nitrogens with two attached hydrogens (primary N) is 1. The Morgan fingerprint density at radius 3 is 3.07 bits per heavy atom. The van der Waals surface area contributed by atoms with E-state index < -0.39 is 0 Å². The molecule has 1 aliphatic heterocycles. The first-order chi connectivity index (χ1) is 6.77. The minimum absolute atomic E-state index is 0.0680. The maximum absolute atomic E-state index is 6.07. The van der Waals surface area contributed by atoms with E-state index in [9.17, 15) is 0 Å². The van der Waals surface area contributed by atoms with Crippen LogP contribution >= 0.6 is 22.9 Å². The number of halogens is 1. The van der Waals surface area contributed by atoms with Gasteiger partial charge in [-0.05, 0) is 12.1 Å². The summed E-state index contributed by atoms with van der Waals surface area (Å²) in [5.74, 6) is 0. The Balaban J connectivity index is 2.03. The Kier molecular flexibility index (Phi) is 3.41. The number of hydrogen-bond donors (Lipinski definition) is 2. The summed E-state index contributed by atoms with van der Waals surface area (Å²) in [6.45, 7) is 2.46. The van der Waals surface area contributed by atoms with E-state index >= 15 is 0 Å². The van der Waals surface area contributed by atoms with Crippen LogP contribution in [-0.4, -0.2) is 25.8 Å². The summed E-state index contributed by atoms with van der Waals surface area (Å²) < 4.78 is 6.36. The molecule has 0 bridgehead atoms. The van der Waals surface area contributed by atoms with Gasteiger partial charge >= 0.3 is 0 Å². The molecular weight excluding hydrogens is 220 g/mol. The van der Waals surface area contributed by atoms with Crippen molar-refractivity contribution in [2.75, 3.05) is 19.7 Å². The molecule has 2 unspecified atom stereocenters. The van der Waals surface area contributed by atoms with Gasteiger partial charge in [0.15, 0.2) is 0 Å². The van der Waals surface area contributed by atoms with Gasteiger partial charge in [-0.15, -0.1) is 11.3 Å². The quantitative estimate of drug-likeness (QED) is 0.810. The normalized spacial score (nSPS) is 24.9. The van der Waals surface area contributed by atoms with E-state index in [1.807, 2.05) is 12.1 Å². The van der Waals surface area contributed by atoms with Gasteiger partial charge < -0.3 is 15.8 Å². The van der Waals surface area contributed by atoms with Gasteiger partial charge in [0.25, 0.3) is 0 Å². The van der Waals surface area contributed by atoms with E-state index in [2.05, 4.69) is 5.32 Å². The van der Waals surface area contributed by atoms with E-state index in [0.29, 0.717) is 0 Å². The zero-order valence-corrected chi connectivity index (χ0v) is 9.27. The Bertz CT molecular complexity index is 299. The topological polar surface area (TPSA) is 47.3 Å². The Labute approximate surface area is 92.2 Å². The molecule has 5 heteroatoms. The Morgan fingerprint density at radius 2 is 2.50 bits per heavy atom. The molecule has 0 aromatic carbocycles. The molecule has 78 valence electrons. The third-order valence-corrected chi connectivity index (χ3v) is 3.61. The summed E-state index contributed by atoms with van der Waals surface area (Å²) in [5, 5.41) is 3.26. The van der Waals surface area contributed by atoms with Crippen molar-refractivity contribution in [2.24, 2.45) is 5.73 Å². The van der Waals surface area contributed by atoms with Gasteiger partial charge in [0.05, 0.1) is 23.1 Å². The molecule has 3 N–H and O–H groups in total. The summed E-state index contributed by atoms with van der Waals surface area (Å²) in [6, 6.07) is 3.77. The molecule has 1 fully saturated rings. The van der Waals surface area contributed by atoms with Crippen molar-refractivity contribution < 1.29 is 4.74 Å². The maximum Gasteiger partial charge on any atom is 0.0931 e. The first-order valence-corrected chi connectivity index (χ1v) is 5.80. The second-order valence-electron chi connectivity index (χ2n) is 3.28. The average Bonchev–Trinajstić information content (AvgIpc) is 2.65. The smallest absolute Gasteiger partial charge is 0.0931 e. The highest BCUT2D eigenvalue weighted by Gasteiger charge is 2.23. The summed E-state index contributed by atoms with van der Waals surface area (Å²) in [7, 11) is 0. The van der Waals surface area contributed by atoms with Gasteiger partial charge in [-0.2, -0.15) is 0 Å². The predicted molar refractivity (Wildman–Crippen MR) is 58.9 cm³/mol. The molecule has 1 aliphatic rings. The zero-order chi connectivity index (χ0) is 9.97. The van der Waals surface area contributed by atoms with Crippen LogP contribution in [0.15, 0.2) is 12.1 Å². The predicted octanol–water partition coefficient (Wildman–Crippen LogP) is 1.39. The fourth-order valence-electron chi connectivity index (χ4n) is 1.51. The Morgan fingerprint density at radius 1 is 1.64 bits per heavy atom. The van der Waals surface area contributed by atoms with Crippen LogP contribution in [0.25, 0.3) is 0 Å². The fraction of sp³-hybridized carbons (Fsp3) is 0.556. The third-order valence-electron chi connectivity index (χ3n) is 2.28. The lowest BCUT2D eigenvalue weighted by atomic mass is 10.1. The molecule has 0 amide bonds. The standard InChI is InChI=1S/C9H13ClN2OS/c10-8-2-1-7(14-8)9(11)6-5-12-3-4-13-6/h1-2,6,9,12H,3-5,11H2. The van der Waals surface area contributed by atoms with Gasteiger partial charge in [0.2, 0.25) is 0 Å². The van der Waals surface area contributed by atoms with Crippen molar-refractivity contribution in [3.63, 3.8) is 0 Å². The summed E-state index contributed by atoms with van der Waals surface area (Å²) in [5.41, 5.74) is 6.07. The van der Waals surface area contributed by atoms with E-state index in [1.54, 1.807) is 0 Å². The summed E-state index contributed by atoms with van der Waals surface area (Å²) in [6.07, 6.45) is 0.0680. The van der Waals surface area contributed by atoms with Crippen LogP contribution in [-0.2, 0) is 4.74 Å². The van der Waals surface area contributed by atoms with Crippen LogP contribution in [0, 0.1) is 0 Å². The zero-order valence-electron chi connectivity index (χ0n) is 7.70. The van der Waals surface area contributed by atoms with Crippen LogP contribution in [0.5, 0.6) is 0 Å². The van der Waals surface area contributed by atoms with Crippen LogP contribution in [0.3, 0.4) is 0 Å².